The number of hydrogen-bond acceptors (Lipinski definition) is 7. The molecule has 0 bridgehead atoms. The first kappa shape index (κ1) is 30.7. The van der Waals surface area contributed by atoms with Crippen molar-refractivity contribution in [2.75, 3.05) is 13.2 Å². The third-order valence-corrected chi connectivity index (χ3v) is 5.08. The van der Waals surface area contributed by atoms with Crippen LogP contribution in [0.15, 0.2) is 24.3 Å². The summed E-state index contributed by atoms with van der Waals surface area (Å²) >= 11 is 0. The predicted molar refractivity (Wildman–Crippen MR) is 135 cm³/mol. The van der Waals surface area contributed by atoms with Gasteiger partial charge in [-0.2, -0.15) is 0 Å². The lowest BCUT2D eigenvalue weighted by Gasteiger charge is -2.38. The van der Waals surface area contributed by atoms with E-state index in [9.17, 15) is 24.3 Å². The van der Waals surface area contributed by atoms with E-state index in [0.717, 1.165) is 0 Å². The Kier molecular flexibility index (Phi) is 11.7. The number of phenols is 1. The van der Waals surface area contributed by atoms with Gasteiger partial charge in [-0.15, -0.1) is 0 Å². The fraction of sp³-hybridized carbons (Fsp3) is 0.615. The van der Waals surface area contributed by atoms with E-state index in [1.165, 1.54) is 17.0 Å². The monoisotopic (exact) mass is 507 g/mol. The first-order valence-corrected chi connectivity index (χ1v) is 12.2. The summed E-state index contributed by atoms with van der Waals surface area (Å²) in [6, 6.07) is 3.48. The smallest absolute Gasteiger partial charge is 0.408 e. The Hall–Kier alpha value is -3.30. The lowest BCUT2D eigenvalue weighted by Crippen LogP contribution is -2.56. The number of esters is 1. The highest BCUT2D eigenvalue weighted by Gasteiger charge is 2.38. The van der Waals surface area contributed by atoms with E-state index >= 15 is 0 Å². The summed E-state index contributed by atoms with van der Waals surface area (Å²) in [5.74, 6) is -1.72. The summed E-state index contributed by atoms with van der Waals surface area (Å²) in [6.45, 7) is 14.2. The number of hydrogen-bond donors (Lipinski definition) is 3. The second-order valence-electron chi connectivity index (χ2n) is 10.0. The average molecular weight is 508 g/mol. The predicted octanol–water partition coefficient (Wildman–Crippen LogP) is 3.29. The lowest BCUT2D eigenvalue weighted by molar-refractivity contribution is -0.146. The van der Waals surface area contributed by atoms with Gasteiger partial charge in [-0.1, -0.05) is 26.0 Å². The van der Waals surface area contributed by atoms with Crippen molar-refractivity contribution in [1.82, 2.24) is 15.5 Å². The number of rotatable bonds is 11. The second kappa shape index (κ2) is 13.7. The van der Waals surface area contributed by atoms with Crippen molar-refractivity contribution in [1.29, 1.82) is 0 Å². The Bertz CT molecular complexity index is 892. The third-order valence-electron chi connectivity index (χ3n) is 5.08. The van der Waals surface area contributed by atoms with Crippen LogP contribution >= 0.6 is 0 Å². The molecule has 0 aromatic heterocycles. The van der Waals surface area contributed by atoms with Gasteiger partial charge in [-0.05, 0) is 65.2 Å². The molecule has 36 heavy (non-hydrogen) atoms. The number of carbonyl (C=O) groups excluding carboxylic acids is 4. The number of amides is 3. The minimum Gasteiger partial charge on any atom is -0.508 e. The SMILES string of the molecule is CCOC(=O)CCNC(=O)C(c1ccc(O)cc1)N(C(=O)C(NC(=O)OC(C)(C)C)C(C)C)C(C)C. The fourth-order valence-electron chi connectivity index (χ4n) is 3.50. The van der Waals surface area contributed by atoms with Gasteiger partial charge in [-0.25, -0.2) is 4.79 Å². The largest absolute Gasteiger partial charge is 0.508 e. The number of ether oxygens (including phenoxy) is 2. The molecular formula is C26H41N3O7. The molecule has 0 aliphatic rings. The van der Waals surface area contributed by atoms with Crippen LogP contribution in [-0.4, -0.2) is 64.7 Å². The highest BCUT2D eigenvalue weighted by molar-refractivity contribution is 5.92. The molecule has 0 radical (unpaired) electrons. The molecule has 1 aromatic carbocycles. The van der Waals surface area contributed by atoms with Crippen LogP contribution in [0.5, 0.6) is 5.75 Å². The quantitative estimate of drug-likeness (QED) is 0.391. The third kappa shape index (κ3) is 9.75. The molecule has 10 nitrogen and oxygen atoms in total. The molecule has 0 spiro atoms. The van der Waals surface area contributed by atoms with Crippen molar-refractivity contribution < 1.29 is 33.8 Å². The van der Waals surface area contributed by atoms with E-state index in [1.807, 2.05) is 0 Å². The molecule has 0 aliphatic heterocycles. The fourth-order valence-corrected chi connectivity index (χ4v) is 3.50. The summed E-state index contributed by atoms with van der Waals surface area (Å²) in [5, 5.41) is 15.1. The van der Waals surface area contributed by atoms with Gasteiger partial charge >= 0.3 is 12.1 Å². The zero-order valence-electron chi connectivity index (χ0n) is 22.6. The van der Waals surface area contributed by atoms with Crippen LogP contribution in [0.4, 0.5) is 4.79 Å². The molecule has 10 heteroatoms. The number of nitrogens with one attached hydrogen (secondary N) is 2. The van der Waals surface area contributed by atoms with Gasteiger partial charge in [0.05, 0.1) is 13.0 Å². The minimum atomic E-state index is -1.08. The summed E-state index contributed by atoms with van der Waals surface area (Å²) in [6.07, 6.45) is -0.759. The molecular weight excluding hydrogens is 466 g/mol. The number of carbonyl (C=O) groups is 4. The van der Waals surface area contributed by atoms with Gasteiger partial charge in [-0.3, -0.25) is 14.4 Å². The Morgan fingerprint density at radius 3 is 2.08 bits per heavy atom. The van der Waals surface area contributed by atoms with Crippen molar-refractivity contribution >= 4 is 23.9 Å². The molecule has 3 N–H and O–H groups in total. The number of aromatic hydroxyl groups is 1. The average Bonchev–Trinajstić information content (AvgIpc) is 2.74. The Balaban J connectivity index is 3.32. The van der Waals surface area contributed by atoms with Gasteiger partial charge in [0.1, 0.15) is 23.4 Å². The number of alkyl carbamates (subject to hydrolysis) is 1. The van der Waals surface area contributed by atoms with Gasteiger partial charge < -0.3 is 30.1 Å². The van der Waals surface area contributed by atoms with Gasteiger partial charge in [0.2, 0.25) is 11.8 Å². The standard InChI is InChI=1S/C26H41N3O7/c1-9-35-20(31)14-15-27-23(32)22(18-10-12-19(30)13-11-18)29(17(4)5)24(33)21(16(2)3)28-25(34)36-26(6,7)8/h10-13,16-17,21-22,30H,9,14-15H2,1-8H3,(H,27,32)(H,28,34). The molecule has 202 valence electrons. The van der Waals surface area contributed by atoms with Crippen LogP contribution in [0.2, 0.25) is 0 Å². The van der Waals surface area contributed by atoms with E-state index in [-0.39, 0.29) is 31.2 Å². The topological polar surface area (TPSA) is 134 Å². The van der Waals surface area contributed by atoms with Gasteiger partial charge in [0.25, 0.3) is 0 Å². The van der Waals surface area contributed by atoms with Gasteiger partial charge in [0, 0.05) is 12.6 Å². The van der Waals surface area contributed by atoms with E-state index in [2.05, 4.69) is 10.6 Å². The van der Waals surface area contributed by atoms with Crippen molar-refractivity contribution in [3.8, 4) is 5.75 Å². The molecule has 2 unspecified atom stereocenters. The first-order valence-electron chi connectivity index (χ1n) is 12.2. The van der Waals surface area contributed by atoms with Crippen molar-refractivity contribution in [3.63, 3.8) is 0 Å². The van der Waals surface area contributed by atoms with Gasteiger partial charge in [0.15, 0.2) is 0 Å². The van der Waals surface area contributed by atoms with Crippen LogP contribution < -0.4 is 10.6 Å². The zero-order chi connectivity index (χ0) is 27.6. The van der Waals surface area contributed by atoms with E-state index in [4.69, 9.17) is 9.47 Å². The Labute approximate surface area is 213 Å². The molecule has 0 aliphatic carbocycles. The van der Waals surface area contributed by atoms with Crippen LogP contribution in [-0.2, 0) is 23.9 Å². The van der Waals surface area contributed by atoms with Crippen LogP contribution in [0, 0.1) is 5.92 Å². The van der Waals surface area contributed by atoms with Crippen LogP contribution in [0.1, 0.15) is 73.4 Å². The highest BCUT2D eigenvalue weighted by atomic mass is 16.6. The molecule has 0 heterocycles. The van der Waals surface area contributed by atoms with E-state index < -0.39 is 47.6 Å². The maximum absolute atomic E-state index is 13.8. The normalized spacial score (nSPS) is 13.1. The van der Waals surface area contributed by atoms with Crippen molar-refractivity contribution in [3.05, 3.63) is 29.8 Å². The van der Waals surface area contributed by atoms with Crippen LogP contribution in [0.3, 0.4) is 0 Å². The summed E-state index contributed by atoms with van der Waals surface area (Å²) < 4.78 is 10.2. The Morgan fingerprint density at radius 2 is 1.61 bits per heavy atom. The minimum absolute atomic E-state index is 0.00860. The van der Waals surface area contributed by atoms with Crippen LogP contribution in [0.25, 0.3) is 0 Å². The summed E-state index contributed by atoms with van der Waals surface area (Å²) in [7, 11) is 0. The van der Waals surface area contributed by atoms with E-state index in [0.29, 0.717) is 5.56 Å². The van der Waals surface area contributed by atoms with E-state index in [1.54, 1.807) is 67.5 Å². The maximum Gasteiger partial charge on any atom is 0.408 e. The summed E-state index contributed by atoms with van der Waals surface area (Å²) in [5.41, 5.74) is -0.289. The molecule has 3 amide bonds. The lowest BCUT2D eigenvalue weighted by atomic mass is 9.97. The zero-order valence-corrected chi connectivity index (χ0v) is 22.6. The maximum atomic E-state index is 13.8. The van der Waals surface area contributed by atoms with Crippen molar-refractivity contribution in [2.24, 2.45) is 5.92 Å². The molecule has 1 aromatic rings. The molecule has 0 fully saturated rings. The van der Waals surface area contributed by atoms with Crippen molar-refractivity contribution in [2.45, 2.75) is 85.5 Å². The molecule has 1 rings (SSSR count). The highest BCUT2D eigenvalue weighted by Crippen LogP contribution is 2.27. The second-order valence-corrected chi connectivity index (χ2v) is 10.0. The molecule has 2 atom stereocenters. The molecule has 0 saturated carbocycles. The summed E-state index contributed by atoms with van der Waals surface area (Å²) in [4.78, 5) is 52.8. The first-order chi connectivity index (χ1) is 16.7. The number of benzene rings is 1. The molecule has 0 saturated heterocycles. The number of nitrogens with zero attached hydrogens (tertiary/aromatic N) is 1. The number of phenolic OH excluding ortho intramolecular Hbond substituents is 1. The Morgan fingerprint density at radius 1 is 1.03 bits per heavy atom.